The Kier molecular flexibility index (Phi) is 4.75. The van der Waals surface area contributed by atoms with E-state index in [1.807, 2.05) is 18.2 Å². The van der Waals surface area contributed by atoms with Crippen molar-refractivity contribution in [1.82, 2.24) is 4.98 Å². The number of nitro groups is 1. The lowest BCUT2D eigenvalue weighted by molar-refractivity contribution is -0.384. The maximum Gasteiger partial charge on any atom is 0.271 e. The molecule has 0 aliphatic heterocycles. The van der Waals surface area contributed by atoms with Gasteiger partial charge in [-0.2, -0.15) is 0 Å². The van der Waals surface area contributed by atoms with Crippen molar-refractivity contribution >= 4 is 17.3 Å². The second-order valence-corrected chi connectivity index (χ2v) is 5.28. The van der Waals surface area contributed by atoms with E-state index in [0.717, 1.165) is 11.4 Å². The monoisotopic (exact) mass is 306 g/mol. The lowest BCUT2D eigenvalue weighted by atomic mass is 10.1. The normalized spacial score (nSPS) is 10.7. The van der Waals surface area contributed by atoms with Crippen LogP contribution in [0.3, 0.4) is 0 Å². The van der Waals surface area contributed by atoms with E-state index in [0.29, 0.717) is 11.7 Å². The minimum atomic E-state index is -0.497. The van der Waals surface area contributed by atoms with Crippen LogP contribution in [0.4, 0.5) is 5.69 Å². The molecule has 0 radical (unpaired) electrons. The highest BCUT2D eigenvalue weighted by atomic mass is 35.5. The van der Waals surface area contributed by atoms with Gasteiger partial charge in [0, 0.05) is 17.8 Å². The maximum atomic E-state index is 10.6. The predicted octanol–water partition coefficient (Wildman–Crippen LogP) is 4.35. The molecule has 0 N–H and O–H groups in total. The SMILES string of the molecule is CC(C)c1cccc(COc2ccc([N+](=O)[O-])cc2Cl)n1. The predicted molar refractivity (Wildman–Crippen MR) is 80.8 cm³/mol. The first-order valence-corrected chi connectivity index (χ1v) is 6.87. The summed E-state index contributed by atoms with van der Waals surface area (Å²) in [7, 11) is 0. The van der Waals surface area contributed by atoms with Crippen molar-refractivity contribution in [2.75, 3.05) is 0 Å². The summed E-state index contributed by atoms with van der Waals surface area (Å²) >= 11 is 5.97. The molecule has 0 saturated heterocycles. The molecule has 0 fully saturated rings. The second-order valence-electron chi connectivity index (χ2n) is 4.87. The minimum absolute atomic E-state index is 0.0627. The molecule has 1 heterocycles. The zero-order chi connectivity index (χ0) is 15.4. The number of benzene rings is 1. The molecule has 110 valence electrons. The molecule has 2 rings (SSSR count). The first-order valence-electron chi connectivity index (χ1n) is 6.50. The fraction of sp³-hybridized carbons (Fsp3) is 0.267. The van der Waals surface area contributed by atoms with Crippen LogP contribution < -0.4 is 4.74 Å². The van der Waals surface area contributed by atoms with Crippen LogP contribution in [0.1, 0.15) is 31.2 Å². The molecule has 0 saturated carbocycles. The molecule has 1 aromatic carbocycles. The molecule has 0 unspecified atom stereocenters. The van der Waals surface area contributed by atoms with Gasteiger partial charge < -0.3 is 4.74 Å². The number of nitrogens with zero attached hydrogens (tertiary/aromatic N) is 2. The summed E-state index contributed by atoms with van der Waals surface area (Å²) in [6.07, 6.45) is 0. The van der Waals surface area contributed by atoms with E-state index in [4.69, 9.17) is 16.3 Å². The third-order valence-electron chi connectivity index (χ3n) is 2.92. The fourth-order valence-corrected chi connectivity index (χ4v) is 2.00. The van der Waals surface area contributed by atoms with Crippen molar-refractivity contribution in [3.05, 3.63) is 62.9 Å². The van der Waals surface area contributed by atoms with Crippen molar-refractivity contribution in [1.29, 1.82) is 0 Å². The zero-order valence-electron chi connectivity index (χ0n) is 11.7. The van der Waals surface area contributed by atoms with Gasteiger partial charge in [-0.3, -0.25) is 15.1 Å². The van der Waals surface area contributed by atoms with Gasteiger partial charge in [-0.05, 0) is 24.1 Å². The average Bonchev–Trinajstić information content (AvgIpc) is 2.46. The van der Waals surface area contributed by atoms with Crippen LogP contribution in [-0.2, 0) is 6.61 Å². The highest BCUT2D eigenvalue weighted by molar-refractivity contribution is 6.32. The number of hydrogen-bond donors (Lipinski definition) is 0. The van der Waals surface area contributed by atoms with E-state index < -0.39 is 4.92 Å². The number of pyridine rings is 1. The third-order valence-corrected chi connectivity index (χ3v) is 3.22. The summed E-state index contributed by atoms with van der Waals surface area (Å²) in [5, 5.41) is 10.9. The summed E-state index contributed by atoms with van der Waals surface area (Å²) in [5.74, 6) is 0.743. The molecule has 0 bridgehead atoms. The van der Waals surface area contributed by atoms with E-state index in [1.165, 1.54) is 18.2 Å². The van der Waals surface area contributed by atoms with Crippen LogP contribution >= 0.6 is 11.6 Å². The van der Waals surface area contributed by atoms with Crippen LogP contribution in [0.2, 0.25) is 5.02 Å². The van der Waals surface area contributed by atoms with Crippen LogP contribution in [0.15, 0.2) is 36.4 Å². The zero-order valence-corrected chi connectivity index (χ0v) is 12.5. The highest BCUT2D eigenvalue weighted by Gasteiger charge is 2.11. The van der Waals surface area contributed by atoms with Gasteiger partial charge in [0.15, 0.2) is 0 Å². The van der Waals surface area contributed by atoms with Gasteiger partial charge in [0.2, 0.25) is 0 Å². The Labute approximate surface area is 127 Å². The summed E-state index contributed by atoms with van der Waals surface area (Å²) in [4.78, 5) is 14.6. The van der Waals surface area contributed by atoms with Crippen LogP contribution in [0.25, 0.3) is 0 Å². The van der Waals surface area contributed by atoms with Gasteiger partial charge >= 0.3 is 0 Å². The lowest BCUT2D eigenvalue weighted by Gasteiger charge is -2.09. The van der Waals surface area contributed by atoms with Gasteiger partial charge in [0.1, 0.15) is 12.4 Å². The van der Waals surface area contributed by atoms with Crippen LogP contribution in [-0.4, -0.2) is 9.91 Å². The Morgan fingerprint density at radius 2 is 2.10 bits per heavy atom. The second kappa shape index (κ2) is 6.54. The first-order chi connectivity index (χ1) is 9.97. The highest BCUT2D eigenvalue weighted by Crippen LogP contribution is 2.29. The Bertz CT molecular complexity index is 659. The largest absolute Gasteiger partial charge is 0.486 e. The first kappa shape index (κ1) is 15.3. The summed E-state index contributed by atoms with van der Waals surface area (Å²) in [6, 6.07) is 9.89. The minimum Gasteiger partial charge on any atom is -0.486 e. The molecule has 0 spiro atoms. The van der Waals surface area contributed by atoms with Crippen molar-refractivity contribution in [3.8, 4) is 5.75 Å². The number of hydrogen-bond acceptors (Lipinski definition) is 4. The van der Waals surface area contributed by atoms with Crippen molar-refractivity contribution in [2.24, 2.45) is 0 Å². The Balaban J connectivity index is 2.09. The number of rotatable bonds is 5. The van der Waals surface area contributed by atoms with E-state index in [-0.39, 0.29) is 17.3 Å². The molecule has 6 heteroatoms. The summed E-state index contributed by atoms with van der Waals surface area (Å²) in [6.45, 7) is 4.40. The molecule has 2 aromatic rings. The van der Waals surface area contributed by atoms with Gasteiger partial charge in [0.05, 0.1) is 15.6 Å². The number of aromatic nitrogens is 1. The fourth-order valence-electron chi connectivity index (χ4n) is 1.77. The Morgan fingerprint density at radius 3 is 2.71 bits per heavy atom. The Morgan fingerprint density at radius 1 is 1.33 bits per heavy atom. The summed E-state index contributed by atoms with van der Waals surface area (Å²) < 4.78 is 5.58. The van der Waals surface area contributed by atoms with E-state index in [9.17, 15) is 10.1 Å². The van der Waals surface area contributed by atoms with E-state index >= 15 is 0 Å². The number of non-ortho nitro benzene ring substituents is 1. The van der Waals surface area contributed by atoms with Crippen LogP contribution in [0, 0.1) is 10.1 Å². The lowest BCUT2D eigenvalue weighted by Crippen LogP contribution is -2.02. The molecule has 5 nitrogen and oxygen atoms in total. The van der Waals surface area contributed by atoms with Crippen molar-refractivity contribution < 1.29 is 9.66 Å². The maximum absolute atomic E-state index is 10.6. The van der Waals surface area contributed by atoms with Gasteiger partial charge in [-0.1, -0.05) is 31.5 Å². The number of ether oxygens (including phenoxy) is 1. The molecule has 0 atom stereocenters. The Hall–Kier alpha value is -2.14. The molecular weight excluding hydrogens is 292 g/mol. The molecule has 1 aromatic heterocycles. The molecule has 0 aliphatic carbocycles. The van der Waals surface area contributed by atoms with Gasteiger partial charge in [-0.25, -0.2) is 0 Å². The topological polar surface area (TPSA) is 65.3 Å². The molecule has 0 amide bonds. The summed E-state index contributed by atoms with van der Waals surface area (Å²) in [5.41, 5.74) is 1.72. The van der Waals surface area contributed by atoms with Gasteiger partial charge in [-0.15, -0.1) is 0 Å². The van der Waals surface area contributed by atoms with Crippen molar-refractivity contribution in [2.45, 2.75) is 26.4 Å². The molecule has 0 aliphatic rings. The third kappa shape index (κ3) is 3.92. The van der Waals surface area contributed by atoms with E-state index in [2.05, 4.69) is 18.8 Å². The number of nitro benzene ring substituents is 1. The molecule has 21 heavy (non-hydrogen) atoms. The van der Waals surface area contributed by atoms with Crippen molar-refractivity contribution in [3.63, 3.8) is 0 Å². The average molecular weight is 307 g/mol. The van der Waals surface area contributed by atoms with E-state index in [1.54, 1.807) is 0 Å². The van der Waals surface area contributed by atoms with Crippen LogP contribution in [0.5, 0.6) is 5.75 Å². The quantitative estimate of drug-likeness (QED) is 0.608. The van der Waals surface area contributed by atoms with Gasteiger partial charge in [0.25, 0.3) is 5.69 Å². The molecular formula is C15H15ClN2O3. The standard InChI is InChI=1S/C15H15ClN2O3/c1-10(2)14-5-3-4-11(17-14)9-21-15-7-6-12(18(19)20)8-13(15)16/h3-8,10H,9H2,1-2H3. The number of halogens is 1. The smallest absolute Gasteiger partial charge is 0.271 e.